The molecule has 0 saturated heterocycles. The Bertz CT molecular complexity index is 533. The van der Waals surface area contributed by atoms with Crippen LogP contribution in [0.25, 0.3) is 0 Å². The normalized spacial score (nSPS) is 10.5. The molecule has 1 aromatic carbocycles. The molecule has 2 nitrogen and oxygen atoms in total. The molecule has 18 heavy (non-hydrogen) atoms. The molecule has 0 N–H and O–H groups in total. The van der Waals surface area contributed by atoms with Crippen LogP contribution >= 0.6 is 0 Å². The Morgan fingerprint density at radius 2 is 1.28 bits per heavy atom. The number of pyridine rings is 1. The van der Waals surface area contributed by atoms with Gasteiger partial charge in [-0.3, -0.25) is 0 Å². The number of aryl methyl sites for hydroxylation is 4. The lowest BCUT2D eigenvalue weighted by Gasteiger charge is -2.16. The molecule has 0 radical (unpaired) electrons. The minimum Gasteiger partial charge on any atom is -0.151 e. The first-order chi connectivity index (χ1) is 8.49. The lowest BCUT2D eigenvalue weighted by atomic mass is 10.2. The van der Waals surface area contributed by atoms with Gasteiger partial charge in [0.25, 0.3) is 0 Å². The third-order valence-electron chi connectivity index (χ3n) is 3.25. The summed E-state index contributed by atoms with van der Waals surface area (Å²) in [6.45, 7) is 8.53. The highest BCUT2D eigenvalue weighted by Crippen LogP contribution is 2.13. The predicted octanol–water partition coefficient (Wildman–Crippen LogP) is 3.11. The molecule has 1 aromatic heterocycles. The van der Waals surface area contributed by atoms with Crippen LogP contribution in [0.1, 0.15) is 22.5 Å². The van der Waals surface area contributed by atoms with Crippen molar-refractivity contribution in [3.05, 3.63) is 58.9 Å². The fourth-order valence-corrected chi connectivity index (χ4v) is 2.45. The lowest BCUT2D eigenvalue weighted by molar-refractivity contribution is -0.693. The molecule has 2 aromatic rings. The molecule has 0 unspecified atom stereocenters. The first kappa shape index (κ1) is 12.6. The third kappa shape index (κ3) is 2.37. The summed E-state index contributed by atoms with van der Waals surface area (Å²) >= 11 is 0. The smallest absolute Gasteiger partial charge is 0.151 e. The zero-order valence-electron chi connectivity index (χ0n) is 11.9. The Hall–Kier alpha value is -1.83. The maximum absolute atomic E-state index is 2.23. The van der Waals surface area contributed by atoms with Crippen molar-refractivity contribution in [3.63, 3.8) is 0 Å². The summed E-state index contributed by atoms with van der Waals surface area (Å²) in [7, 11) is 2.10. The van der Waals surface area contributed by atoms with E-state index in [1.54, 1.807) is 0 Å². The van der Waals surface area contributed by atoms with E-state index in [4.69, 9.17) is 0 Å². The second kappa shape index (κ2) is 4.81. The molecular weight excluding hydrogens is 220 g/mol. The van der Waals surface area contributed by atoms with Gasteiger partial charge in [0.15, 0.2) is 0 Å². The van der Waals surface area contributed by atoms with Gasteiger partial charge in [-0.2, -0.15) is 5.01 Å². The van der Waals surface area contributed by atoms with Crippen molar-refractivity contribution in [1.29, 1.82) is 0 Å². The second-order valence-electron chi connectivity index (χ2n) is 4.99. The van der Waals surface area contributed by atoms with Crippen LogP contribution in [0.2, 0.25) is 0 Å². The fourth-order valence-electron chi connectivity index (χ4n) is 2.45. The number of rotatable bonds is 2. The topological polar surface area (TPSA) is 7.12 Å². The SMILES string of the molecule is Cc1ccc(N(C)[n+]2c(C)cc(C)cc2C)cc1. The van der Waals surface area contributed by atoms with Gasteiger partial charge in [-0.1, -0.05) is 22.4 Å². The molecule has 0 atom stereocenters. The Morgan fingerprint density at radius 3 is 1.78 bits per heavy atom. The van der Waals surface area contributed by atoms with Gasteiger partial charge in [0, 0.05) is 26.0 Å². The van der Waals surface area contributed by atoms with Crippen LogP contribution in [0, 0.1) is 27.7 Å². The Morgan fingerprint density at radius 1 is 0.778 bits per heavy atom. The van der Waals surface area contributed by atoms with Gasteiger partial charge in [-0.15, -0.1) is 0 Å². The number of aromatic nitrogens is 1. The first-order valence-corrected chi connectivity index (χ1v) is 6.29. The molecule has 2 heteroatoms. The van der Waals surface area contributed by atoms with Crippen molar-refractivity contribution in [1.82, 2.24) is 0 Å². The van der Waals surface area contributed by atoms with Gasteiger partial charge in [-0.25, -0.2) is 0 Å². The monoisotopic (exact) mass is 241 g/mol. The van der Waals surface area contributed by atoms with Crippen molar-refractivity contribution >= 4 is 5.69 Å². The Balaban J connectivity index is 2.46. The van der Waals surface area contributed by atoms with E-state index in [-0.39, 0.29) is 0 Å². The number of benzene rings is 1. The summed E-state index contributed by atoms with van der Waals surface area (Å²) in [5.41, 5.74) is 6.28. The van der Waals surface area contributed by atoms with Crippen molar-refractivity contribution in [2.75, 3.05) is 12.1 Å². The summed E-state index contributed by atoms with van der Waals surface area (Å²) in [5, 5.41) is 2.18. The van der Waals surface area contributed by atoms with E-state index in [2.05, 4.69) is 80.8 Å². The van der Waals surface area contributed by atoms with Crippen LogP contribution < -0.4 is 9.69 Å². The van der Waals surface area contributed by atoms with E-state index in [0.29, 0.717) is 0 Å². The van der Waals surface area contributed by atoms with Crippen LogP contribution in [-0.4, -0.2) is 7.05 Å². The minimum atomic E-state index is 1.20. The summed E-state index contributed by atoms with van der Waals surface area (Å²) in [6, 6.07) is 13.0. The van der Waals surface area contributed by atoms with Gasteiger partial charge in [0.05, 0.1) is 12.7 Å². The quantitative estimate of drug-likeness (QED) is 0.733. The number of anilines is 1. The van der Waals surface area contributed by atoms with E-state index in [1.165, 1.54) is 28.2 Å². The molecule has 0 saturated carbocycles. The zero-order chi connectivity index (χ0) is 13.3. The summed E-state index contributed by atoms with van der Waals surface area (Å²) in [6.07, 6.45) is 0. The third-order valence-corrected chi connectivity index (χ3v) is 3.25. The molecule has 0 aliphatic heterocycles. The molecule has 0 bridgehead atoms. The average molecular weight is 241 g/mol. The molecular formula is C16H21N2+. The molecule has 0 fully saturated rings. The van der Waals surface area contributed by atoms with Crippen LogP contribution in [0.4, 0.5) is 5.69 Å². The molecule has 0 amide bonds. The molecule has 0 aliphatic rings. The fraction of sp³-hybridized carbons (Fsp3) is 0.312. The van der Waals surface area contributed by atoms with Crippen LogP contribution in [-0.2, 0) is 0 Å². The predicted molar refractivity (Wildman–Crippen MR) is 75.8 cm³/mol. The highest BCUT2D eigenvalue weighted by molar-refractivity contribution is 5.44. The Kier molecular flexibility index (Phi) is 3.37. The van der Waals surface area contributed by atoms with Crippen molar-refractivity contribution < 1.29 is 4.68 Å². The zero-order valence-corrected chi connectivity index (χ0v) is 11.9. The summed E-state index contributed by atoms with van der Waals surface area (Å²) in [5.74, 6) is 0. The number of hydrogen-bond donors (Lipinski definition) is 0. The summed E-state index contributed by atoms with van der Waals surface area (Å²) < 4.78 is 2.23. The van der Waals surface area contributed by atoms with E-state index < -0.39 is 0 Å². The van der Waals surface area contributed by atoms with E-state index in [9.17, 15) is 0 Å². The summed E-state index contributed by atoms with van der Waals surface area (Å²) in [4.78, 5) is 0. The molecule has 0 spiro atoms. The van der Waals surface area contributed by atoms with Gasteiger partial charge in [0.2, 0.25) is 11.4 Å². The van der Waals surface area contributed by atoms with E-state index in [0.717, 1.165) is 0 Å². The van der Waals surface area contributed by atoms with Gasteiger partial charge >= 0.3 is 0 Å². The van der Waals surface area contributed by atoms with Gasteiger partial charge in [0.1, 0.15) is 0 Å². The van der Waals surface area contributed by atoms with Crippen LogP contribution in [0.5, 0.6) is 0 Å². The average Bonchev–Trinajstić information content (AvgIpc) is 2.28. The van der Waals surface area contributed by atoms with Crippen LogP contribution in [0.3, 0.4) is 0 Å². The maximum atomic E-state index is 2.23. The molecule has 94 valence electrons. The van der Waals surface area contributed by atoms with Crippen molar-refractivity contribution in [3.8, 4) is 0 Å². The largest absolute Gasteiger partial charge is 0.209 e. The van der Waals surface area contributed by atoms with Gasteiger partial charge < -0.3 is 0 Å². The van der Waals surface area contributed by atoms with Crippen molar-refractivity contribution in [2.45, 2.75) is 27.7 Å². The number of nitrogens with zero attached hydrogens (tertiary/aromatic N) is 2. The highest BCUT2D eigenvalue weighted by atomic mass is 15.5. The molecule has 0 aliphatic carbocycles. The number of hydrogen-bond acceptors (Lipinski definition) is 1. The molecule has 2 rings (SSSR count). The minimum absolute atomic E-state index is 1.20. The highest BCUT2D eigenvalue weighted by Gasteiger charge is 2.18. The Labute approximate surface area is 109 Å². The van der Waals surface area contributed by atoms with E-state index in [1.807, 2.05) is 0 Å². The molecule has 1 heterocycles. The standard InChI is InChI=1S/C16H21N2/c1-12-6-8-16(9-7-12)17(5)18-14(3)10-13(2)11-15(18)4/h6-11H,1-5H3/q+1. The van der Waals surface area contributed by atoms with Gasteiger partial charge in [-0.05, 0) is 31.5 Å². The van der Waals surface area contributed by atoms with E-state index >= 15 is 0 Å². The van der Waals surface area contributed by atoms with Crippen LogP contribution in [0.15, 0.2) is 36.4 Å². The lowest BCUT2D eigenvalue weighted by Crippen LogP contribution is -2.56. The van der Waals surface area contributed by atoms with Crippen molar-refractivity contribution in [2.24, 2.45) is 0 Å². The first-order valence-electron chi connectivity index (χ1n) is 6.29. The second-order valence-corrected chi connectivity index (χ2v) is 4.99. The maximum Gasteiger partial charge on any atom is 0.209 e.